The van der Waals surface area contributed by atoms with Crippen LogP contribution in [0.4, 0.5) is 0 Å². The van der Waals surface area contributed by atoms with Gasteiger partial charge in [0.05, 0.1) is 6.04 Å². The van der Waals surface area contributed by atoms with E-state index in [1.165, 1.54) is 24.6 Å². The second-order valence-corrected chi connectivity index (χ2v) is 8.98. The zero-order valence-electron chi connectivity index (χ0n) is 23.9. The molecule has 3 atom stereocenters. The number of carbonyl (C=O) groups excluding carboxylic acids is 6. The molecule has 0 spiro atoms. The molecule has 0 aromatic rings. The molecule has 0 aromatic heterocycles. The fourth-order valence-electron chi connectivity index (χ4n) is 4.21. The lowest BCUT2D eigenvalue weighted by Gasteiger charge is -2.17. The molecule has 35 heavy (non-hydrogen) atoms. The van der Waals surface area contributed by atoms with Gasteiger partial charge < -0.3 is 10.6 Å². The molecular formula is C25H44N4O6. The number of unbranched alkanes of at least 4 members (excludes halogenated alkanes) is 1. The van der Waals surface area contributed by atoms with Gasteiger partial charge in [-0.2, -0.15) is 0 Å². The number of rotatable bonds is 14. The van der Waals surface area contributed by atoms with E-state index >= 15 is 0 Å². The van der Waals surface area contributed by atoms with Gasteiger partial charge in [0.25, 0.3) is 0 Å². The molecule has 0 unspecified atom stereocenters. The third-order valence-electron chi connectivity index (χ3n) is 6.27. The number of nitrogens with one attached hydrogen (secondary N) is 2. The van der Waals surface area contributed by atoms with Crippen LogP contribution in [0.2, 0.25) is 0 Å². The van der Waals surface area contributed by atoms with E-state index in [9.17, 15) is 28.8 Å². The van der Waals surface area contributed by atoms with Crippen LogP contribution in [0.1, 0.15) is 82.8 Å². The van der Waals surface area contributed by atoms with Crippen molar-refractivity contribution in [2.75, 3.05) is 26.7 Å². The van der Waals surface area contributed by atoms with Crippen molar-refractivity contribution in [3.8, 4) is 0 Å². The fourth-order valence-corrected chi connectivity index (χ4v) is 4.21. The van der Waals surface area contributed by atoms with Crippen molar-refractivity contribution < 1.29 is 31.5 Å². The van der Waals surface area contributed by atoms with E-state index in [0.717, 1.165) is 0 Å². The van der Waals surface area contributed by atoms with Crippen LogP contribution in [0.15, 0.2) is 0 Å². The van der Waals surface area contributed by atoms with E-state index in [1.54, 1.807) is 20.9 Å². The van der Waals surface area contributed by atoms with Crippen molar-refractivity contribution in [3.63, 3.8) is 0 Å². The third-order valence-corrected chi connectivity index (χ3v) is 6.27. The number of nitrogens with zero attached hydrogens (tertiary/aromatic N) is 2. The van der Waals surface area contributed by atoms with Crippen LogP contribution >= 0.6 is 0 Å². The summed E-state index contributed by atoms with van der Waals surface area (Å²) < 4.78 is 11.5. The first-order valence-electron chi connectivity index (χ1n) is 13.8. The average Bonchev–Trinajstić information content (AvgIpc) is 3.28. The smallest absolute Gasteiger partial charge is 0.232 e. The number of likely N-dealkylation sites (tertiary alicyclic amines) is 2. The summed E-state index contributed by atoms with van der Waals surface area (Å²) in [6.45, 7) is 4.47. The minimum atomic E-state index is -0.438. The molecule has 5 amide bonds. The monoisotopic (exact) mass is 498 g/mol. The van der Waals surface area contributed by atoms with Crippen molar-refractivity contribution in [2.45, 2.75) is 86.1 Å². The Bertz CT molecular complexity index is 795. The van der Waals surface area contributed by atoms with Gasteiger partial charge in [-0.25, -0.2) is 0 Å². The molecule has 2 aliphatic heterocycles. The summed E-state index contributed by atoms with van der Waals surface area (Å²) in [7, 11) is 4.18. The molecule has 2 heterocycles. The largest absolute Gasteiger partial charge is 0.356 e. The maximum atomic E-state index is 12.4. The van der Waals surface area contributed by atoms with Gasteiger partial charge >= 0.3 is 0 Å². The van der Waals surface area contributed by atoms with Crippen molar-refractivity contribution in [1.29, 1.82) is 0 Å². The molecule has 0 aromatic carbocycles. The van der Waals surface area contributed by atoms with E-state index in [4.69, 9.17) is 2.74 Å². The summed E-state index contributed by atoms with van der Waals surface area (Å²) in [5.41, 5.74) is 0. The SMILES string of the molecule is CN[C@@H](CCC(=O)NCCCN1C(=O)C[C@@H](C)C1=O)C(=O)CCCCN1C(=O)C[C@@H](C)C1=O.[2H]C.[2H]C. The van der Waals surface area contributed by atoms with E-state index in [1.807, 2.05) is 0 Å². The first-order valence-corrected chi connectivity index (χ1v) is 11.8. The van der Waals surface area contributed by atoms with Gasteiger partial charge in [-0.15, -0.1) is 0 Å². The Balaban J connectivity index is 0.00000308. The molecule has 0 radical (unpaired) electrons. The van der Waals surface area contributed by atoms with E-state index in [2.05, 4.69) is 10.6 Å². The van der Waals surface area contributed by atoms with E-state index in [0.29, 0.717) is 51.7 Å². The number of hydrogen-bond acceptors (Lipinski definition) is 7. The number of hydrogen-bond donors (Lipinski definition) is 2. The van der Waals surface area contributed by atoms with Crippen LogP contribution < -0.4 is 10.6 Å². The number of imide groups is 2. The Morgan fingerprint density at radius 2 is 1.43 bits per heavy atom. The molecule has 2 fully saturated rings. The molecule has 10 nitrogen and oxygen atoms in total. The predicted octanol–water partition coefficient (Wildman–Crippen LogP) is 1.66. The van der Waals surface area contributed by atoms with Crippen LogP contribution in [-0.2, 0) is 28.8 Å². The van der Waals surface area contributed by atoms with Gasteiger partial charge in [-0.3, -0.25) is 38.6 Å². The summed E-state index contributed by atoms with van der Waals surface area (Å²) in [5, 5.41) is 5.71. The molecule has 2 saturated heterocycles. The molecule has 0 bridgehead atoms. The second-order valence-electron chi connectivity index (χ2n) is 8.98. The molecule has 0 saturated carbocycles. The molecule has 200 valence electrons. The summed E-state index contributed by atoms with van der Waals surface area (Å²) >= 11 is 0. The zero-order valence-corrected chi connectivity index (χ0v) is 21.9. The van der Waals surface area contributed by atoms with Crippen LogP contribution in [-0.4, -0.2) is 77.8 Å². The Labute approximate surface area is 212 Å². The van der Waals surface area contributed by atoms with Crippen LogP contribution in [0, 0.1) is 11.8 Å². The summed E-state index contributed by atoms with van der Waals surface area (Å²) in [5.74, 6) is -1.32. The molecular weight excluding hydrogens is 452 g/mol. The average molecular weight is 499 g/mol. The minimum Gasteiger partial charge on any atom is -0.356 e. The van der Waals surface area contributed by atoms with Crippen molar-refractivity contribution in [3.05, 3.63) is 0 Å². The zero-order chi connectivity index (χ0) is 28.5. The predicted molar refractivity (Wildman–Crippen MR) is 133 cm³/mol. The normalized spacial score (nSPS) is 20.9. The first kappa shape index (κ1) is 28.6. The van der Waals surface area contributed by atoms with Crippen LogP contribution in [0.5, 0.6) is 0 Å². The molecule has 10 heteroatoms. The number of amides is 5. The van der Waals surface area contributed by atoms with Gasteiger partial charge in [-0.1, -0.05) is 28.7 Å². The standard InChI is InChI=1S/C23H36N4O6.2CH4/c1-15-13-20(30)26(22(15)32)11-5-4-7-18(28)17(24-3)8-9-19(29)25-10-6-12-27-21(31)14-16(2)23(27)33;;/h15-17,24H,4-14H2,1-3H3,(H,25,29);2*1H4/t15-,16-,17+;;/m1../s1/i;2*1D. The van der Waals surface area contributed by atoms with Crippen LogP contribution in [0.3, 0.4) is 0 Å². The minimum absolute atomic E-state index is 0.00192. The second kappa shape index (κ2) is 15.4. The maximum Gasteiger partial charge on any atom is 0.232 e. The molecule has 0 aliphatic carbocycles. The lowest BCUT2D eigenvalue weighted by Crippen LogP contribution is -2.37. The fraction of sp³-hybridized carbons (Fsp3) is 0.760. The molecule has 2 aliphatic rings. The maximum absolute atomic E-state index is 12.4. The van der Waals surface area contributed by atoms with Crippen molar-refractivity contribution in [1.82, 2.24) is 20.4 Å². The number of carbonyl (C=O) groups is 6. The Morgan fingerprint density at radius 3 is 1.89 bits per heavy atom. The molecule has 2 N–H and O–H groups in total. The molecule has 2 rings (SSSR count). The van der Waals surface area contributed by atoms with Crippen molar-refractivity contribution >= 4 is 35.3 Å². The highest BCUT2D eigenvalue weighted by Crippen LogP contribution is 2.20. The Kier molecular flexibility index (Phi) is 12.6. The number of Topliss-reactive ketones (excluding diaryl/α,β-unsaturated/α-hetero) is 1. The van der Waals surface area contributed by atoms with Crippen LogP contribution in [0.25, 0.3) is 0 Å². The van der Waals surface area contributed by atoms with Crippen molar-refractivity contribution in [2.24, 2.45) is 11.8 Å². The van der Waals surface area contributed by atoms with Gasteiger partial charge in [0.1, 0.15) is 5.78 Å². The quantitative estimate of drug-likeness (QED) is 0.275. The topological polar surface area (TPSA) is 133 Å². The first-order chi connectivity index (χ1) is 17.6. The third kappa shape index (κ3) is 9.16. The van der Waals surface area contributed by atoms with Gasteiger partial charge in [-0.05, 0) is 32.7 Å². The highest BCUT2D eigenvalue weighted by atomic mass is 16.2. The van der Waals surface area contributed by atoms with E-state index in [-0.39, 0.29) is 66.4 Å². The summed E-state index contributed by atoms with van der Waals surface area (Å²) in [6.07, 6.45) is 3.01. The Hall–Kier alpha value is -2.62. The number of ketones is 1. The van der Waals surface area contributed by atoms with Gasteiger partial charge in [0, 0.05) is 59.9 Å². The lowest BCUT2D eigenvalue weighted by molar-refractivity contribution is -0.140. The number of likely N-dealkylation sites (N-methyl/N-ethyl adjacent to an activating group) is 1. The highest BCUT2D eigenvalue weighted by molar-refractivity contribution is 6.03. The lowest BCUT2D eigenvalue weighted by atomic mass is 10.0. The highest BCUT2D eigenvalue weighted by Gasteiger charge is 2.35. The summed E-state index contributed by atoms with van der Waals surface area (Å²) in [4.78, 5) is 74.4. The van der Waals surface area contributed by atoms with E-state index < -0.39 is 6.04 Å². The van der Waals surface area contributed by atoms with Gasteiger partial charge in [0.2, 0.25) is 29.5 Å². The Morgan fingerprint density at radius 1 is 0.914 bits per heavy atom. The summed E-state index contributed by atoms with van der Waals surface area (Å²) in [6, 6.07) is -0.438. The van der Waals surface area contributed by atoms with Gasteiger partial charge in [0.15, 0.2) is 0 Å².